The molecule has 0 bridgehead atoms. The maximum atomic E-state index is 8.88. The summed E-state index contributed by atoms with van der Waals surface area (Å²) in [6.45, 7) is 4.26. The van der Waals surface area contributed by atoms with Crippen molar-refractivity contribution < 1.29 is 0 Å². The molecule has 0 saturated carbocycles. The molecule has 2 aromatic rings. The van der Waals surface area contributed by atoms with Crippen molar-refractivity contribution in [1.82, 2.24) is 0 Å². The van der Waals surface area contributed by atoms with E-state index in [0.29, 0.717) is 5.56 Å². The zero-order chi connectivity index (χ0) is 14.9. The van der Waals surface area contributed by atoms with Crippen LogP contribution in [-0.4, -0.2) is 11.4 Å². The Labute approximate surface area is 124 Å². The molecule has 0 amide bonds. The van der Waals surface area contributed by atoms with E-state index in [2.05, 4.69) is 42.3 Å². The average Bonchev–Trinajstić information content (AvgIpc) is 2.83. The first-order valence-electron chi connectivity index (χ1n) is 6.85. The summed E-state index contributed by atoms with van der Waals surface area (Å²) in [5, 5.41) is 17.7. The van der Waals surface area contributed by atoms with Gasteiger partial charge in [-0.3, -0.25) is 0 Å². The lowest BCUT2D eigenvalue weighted by Gasteiger charge is -2.23. The van der Waals surface area contributed by atoms with Gasteiger partial charge in [0.2, 0.25) is 0 Å². The normalized spacial score (nSPS) is 16.0. The fourth-order valence-electron chi connectivity index (χ4n) is 2.60. The van der Waals surface area contributed by atoms with Crippen molar-refractivity contribution in [1.29, 1.82) is 5.26 Å². The molecule has 0 aromatic heterocycles. The second-order valence-corrected chi connectivity index (χ2v) is 5.58. The average molecular weight is 273 g/mol. The molecule has 0 atom stereocenters. The quantitative estimate of drug-likeness (QED) is 0.821. The standard InChI is InChI=1S/C18H15N3/c1-18(2)16(14-6-4-3-5-7-14)20-21-17(18)15-10-8-13(12-19)9-11-15/h3-11H,1-2H3. The van der Waals surface area contributed by atoms with E-state index in [4.69, 9.17) is 5.26 Å². The molecule has 3 rings (SSSR count). The molecule has 0 aliphatic carbocycles. The minimum atomic E-state index is -0.254. The Bertz CT molecular complexity index is 760. The number of nitrogens with zero attached hydrogens (tertiary/aromatic N) is 3. The van der Waals surface area contributed by atoms with E-state index in [9.17, 15) is 0 Å². The number of hydrogen-bond donors (Lipinski definition) is 0. The molecular weight excluding hydrogens is 258 g/mol. The second kappa shape index (κ2) is 4.99. The van der Waals surface area contributed by atoms with E-state index < -0.39 is 0 Å². The van der Waals surface area contributed by atoms with Gasteiger partial charge >= 0.3 is 0 Å². The predicted octanol–water partition coefficient (Wildman–Crippen LogP) is 3.79. The summed E-state index contributed by atoms with van der Waals surface area (Å²) in [7, 11) is 0. The van der Waals surface area contributed by atoms with Crippen molar-refractivity contribution in [2.24, 2.45) is 15.6 Å². The van der Waals surface area contributed by atoms with E-state index >= 15 is 0 Å². The summed E-state index contributed by atoms with van der Waals surface area (Å²) in [5.74, 6) is 0. The van der Waals surface area contributed by atoms with Crippen LogP contribution in [0.4, 0.5) is 0 Å². The number of nitriles is 1. The molecule has 2 aromatic carbocycles. The topological polar surface area (TPSA) is 48.5 Å². The van der Waals surface area contributed by atoms with Crippen molar-refractivity contribution >= 4 is 11.4 Å². The molecule has 0 N–H and O–H groups in total. The molecule has 0 spiro atoms. The Hall–Kier alpha value is -2.73. The number of rotatable bonds is 2. The molecule has 0 saturated heterocycles. The molecule has 21 heavy (non-hydrogen) atoms. The lowest BCUT2D eigenvalue weighted by Crippen LogP contribution is -2.31. The van der Waals surface area contributed by atoms with Gasteiger partial charge in [0.15, 0.2) is 0 Å². The molecule has 1 aliphatic rings. The van der Waals surface area contributed by atoms with Gasteiger partial charge in [-0.2, -0.15) is 15.5 Å². The lowest BCUT2D eigenvalue weighted by molar-refractivity contribution is 0.745. The van der Waals surface area contributed by atoms with Crippen LogP contribution in [-0.2, 0) is 0 Å². The molecule has 102 valence electrons. The fraction of sp³-hybridized carbons (Fsp3) is 0.167. The summed E-state index contributed by atoms with van der Waals surface area (Å²) in [6.07, 6.45) is 0. The van der Waals surface area contributed by atoms with Crippen molar-refractivity contribution in [3.63, 3.8) is 0 Å². The molecule has 1 heterocycles. The predicted molar refractivity (Wildman–Crippen MR) is 84.5 cm³/mol. The third-order valence-electron chi connectivity index (χ3n) is 3.77. The number of hydrogen-bond acceptors (Lipinski definition) is 3. The summed E-state index contributed by atoms with van der Waals surface area (Å²) in [5.41, 5.74) is 4.41. The van der Waals surface area contributed by atoms with E-state index in [1.165, 1.54) is 0 Å². The second-order valence-electron chi connectivity index (χ2n) is 5.58. The Morgan fingerprint density at radius 2 is 1.33 bits per heavy atom. The van der Waals surface area contributed by atoms with Crippen LogP contribution >= 0.6 is 0 Å². The molecule has 0 radical (unpaired) electrons. The van der Waals surface area contributed by atoms with Gasteiger partial charge < -0.3 is 0 Å². The van der Waals surface area contributed by atoms with Gasteiger partial charge in [-0.15, -0.1) is 0 Å². The molecule has 3 nitrogen and oxygen atoms in total. The van der Waals surface area contributed by atoms with E-state index in [-0.39, 0.29) is 5.41 Å². The van der Waals surface area contributed by atoms with Crippen LogP contribution < -0.4 is 0 Å². The fourth-order valence-corrected chi connectivity index (χ4v) is 2.60. The van der Waals surface area contributed by atoms with Gasteiger partial charge in [-0.25, -0.2) is 0 Å². The first-order chi connectivity index (χ1) is 10.1. The molecule has 3 heteroatoms. The van der Waals surface area contributed by atoms with Gasteiger partial charge in [-0.05, 0) is 37.1 Å². The molecular formula is C18H15N3. The monoisotopic (exact) mass is 273 g/mol. The highest BCUT2D eigenvalue weighted by molar-refractivity contribution is 6.25. The van der Waals surface area contributed by atoms with E-state index in [0.717, 1.165) is 22.6 Å². The maximum absolute atomic E-state index is 8.88. The summed E-state index contributed by atoms with van der Waals surface area (Å²) in [4.78, 5) is 0. The van der Waals surface area contributed by atoms with Crippen LogP contribution in [0.2, 0.25) is 0 Å². The van der Waals surface area contributed by atoms with Crippen molar-refractivity contribution in [3.05, 3.63) is 71.3 Å². The first-order valence-corrected chi connectivity index (χ1v) is 6.85. The van der Waals surface area contributed by atoms with Gasteiger partial charge in [0, 0.05) is 0 Å². The van der Waals surface area contributed by atoms with Crippen molar-refractivity contribution in [2.45, 2.75) is 13.8 Å². The van der Waals surface area contributed by atoms with Crippen LogP contribution in [0.1, 0.15) is 30.5 Å². The van der Waals surface area contributed by atoms with Crippen LogP contribution in [0.15, 0.2) is 64.8 Å². The largest absolute Gasteiger partial charge is 0.192 e. The van der Waals surface area contributed by atoms with E-state index in [1.807, 2.05) is 42.5 Å². The first kappa shape index (κ1) is 13.3. The highest BCUT2D eigenvalue weighted by Crippen LogP contribution is 2.33. The van der Waals surface area contributed by atoms with Crippen molar-refractivity contribution in [2.75, 3.05) is 0 Å². The Kier molecular flexibility index (Phi) is 3.15. The van der Waals surface area contributed by atoms with Gasteiger partial charge in [0.1, 0.15) is 0 Å². The minimum absolute atomic E-state index is 0.254. The number of benzene rings is 2. The van der Waals surface area contributed by atoms with Gasteiger partial charge in [-0.1, -0.05) is 42.5 Å². The SMILES string of the molecule is CC1(C)C(c2ccccc2)=NN=C1c1ccc(C#N)cc1. The van der Waals surface area contributed by atoms with E-state index in [1.54, 1.807) is 0 Å². The molecule has 0 unspecified atom stereocenters. The van der Waals surface area contributed by atoms with Crippen LogP contribution in [0.25, 0.3) is 0 Å². The zero-order valence-corrected chi connectivity index (χ0v) is 12.0. The van der Waals surface area contributed by atoms with Crippen molar-refractivity contribution in [3.8, 4) is 6.07 Å². The third kappa shape index (κ3) is 2.25. The third-order valence-corrected chi connectivity index (χ3v) is 3.77. The summed E-state index contributed by atoms with van der Waals surface area (Å²) in [6, 6.07) is 19.7. The highest BCUT2D eigenvalue weighted by atomic mass is 15.2. The summed E-state index contributed by atoms with van der Waals surface area (Å²) >= 11 is 0. The Balaban J connectivity index is 1.96. The molecule has 0 fully saturated rings. The smallest absolute Gasteiger partial charge is 0.0991 e. The zero-order valence-electron chi connectivity index (χ0n) is 12.0. The summed E-state index contributed by atoms with van der Waals surface area (Å²) < 4.78 is 0. The van der Waals surface area contributed by atoms with Gasteiger partial charge in [0.05, 0.1) is 28.5 Å². The Morgan fingerprint density at radius 1 is 0.810 bits per heavy atom. The van der Waals surface area contributed by atoms with Gasteiger partial charge in [0.25, 0.3) is 0 Å². The molecule has 1 aliphatic heterocycles. The van der Waals surface area contributed by atoms with Crippen LogP contribution in [0.3, 0.4) is 0 Å². The highest BCUT2D eigenvalue weighted by Gasteiger charge is 2.37. The van der Waals surface area contributed by atoms with Crippen LogP contribution in [0, 0.1) is 16.7 Å². The lowest BCUT2D eigenvalue weighted by atomic mass is 9.77. The van der Waals surface area contributed by atoms with Crippen LogP contribution in [0.5, 0.6) is 0 Å². The maximum Gasteiger partial charge on any atom is 0.0991 e. The Morgan fingerprint density at radius 3 is 1.86 bits per heavy atom. The minimum Gasteiger partial charge on any atom is -0.192 e.